The number of benzene rings is 1. The predicted molar refractivity (Wildman–Crippen MR) is 96.5 cm³/mol. The number of H-pyrrole nitrogens is 1. The fraction of sp³-hybridized carbons (Fsp3) is 0.333. The van der Waals surface area contributed by atoms with E-state index < -0.39 is 0 Å². The first kappa shape index (κ1) is 16.7. The number of aromatic amines is 1. The minimum Gasteiger partial charge on any atom is -0.396 e. The number of aryl methyl sites for hydroxylation is 2. The number of hydrogen-bond acceptors (Lipinski definition) is 4. The summed E-state index contributed by atoms with van der Waals surface area (Å²) in [4.78, 5) is 19.6. The van der Waals surface area contributed by atoms with E-state index in [4.69, 9.17) is 5.11 Å². The van der Waals surface area contributed by atoms with Gasteiger partial charge in [0, 0.05) is 35.6 Å². The van der Waals surface area contributed by atoms with E-state index in [1.54, 1.807) is 5.38 Å². The molecule has 6 heteroatoms. The standard InChI is InChI=1S/C18H21N3O2S/c22-10-4-9-19-18(23)16-12-24-17(21-16)8-3-5-13-11-20-15-7-2-1-6-14(13)15/h1-2,6-7,11-12,20,22H,3-5,8-10H2,(H,19,23). The lowest BCUT2D eigenvalue weighted by molar-refractivity contribution is 0.0946. The van der Waals surface area contributed by atoms with Crippen LogP contribution in [0.2, 0.25) is 0 Å². The Labute approximate surface area is 144 Å². The van der Waals surface area contributed by atoms with Crippen molar-refractivity contribution < 1.29 is 9.90 Å². The van der Waals surface area contributed by atoms with Crippen LogP contribution in [0.5, 0.6) is 0 Å². The van der Waals surface area contributed by atoms with Crippen LogP contribution in [0.4, 0.5) is 0 Å². The number of rotatable bonds is 8. The van der Waals surface area contributed by atoms with E-state index in [9.17, 15) is 4.79 Å². The van der Waals surface area contributed by atoms with Crippen LogP contribution in [-0.4, -0.2) is 34.1 Å². The number of thiazole rings is 1. The molecule has 3 N–H and O–H groups in total. The Morgan fingerprint density at radius 3 is 3.00 bits per heavy atom. The maximum Gasteiger partial charge on any atom is 0.270 e. The molecule has 3 aromatic rings. The Morgan fingerprint density at radius 1 is 1.25 bits per heavy atom. The van der Waals surface area contributed by atoms with Crippen molar-refractivity contribution in [3.63, 3.8) is 0 Å². The van der Waals surface area contributed by atoms with Crippen molar-refractivity contribution in [2.45, 2.75) is 25.7 Å². The average molecular weight is 343 g/mol. The molecule has 0 aliphatic rings. The van der Waals surface area contributed by atoms with Crippen molar-refractivity contribution >= 4 is 28.1 Å². The van der Waals surface area contributed by atoms with Crippen molar-refractivity contribution in [3.05, 3.63) is 52.1 Å². The van der Waals surface area contributed by atoms with E-state index in [1.807, 2.05) is 6.07 Å². The maximum absolute atomic E-state index is 11.9. The number of fused-ring (bicyclic) bond motifs is 1. The molecule has 126 valence electrons. The number of aliphatic hydroxyl groups is 1. The number of carbonyl (C=O) groups is 1. The minimum absolute atomic E-state index is 0.0798. The molecule has 0 saturated carbocycles. The van der Waals surface area contributed by atoms with E-state index in [0.717, 1.165) is 24.3 Å². The zero-order valence-electron chi connectivity index (χ0n) is 13.4. The molecule has 0 unspecified atom stereocenters. The first-order valence-corrected chi connectivity index (χ1v) is 9.04. The van der Waals surface area contributed by atoms with Crippen molar-refractivity contribution in [1.82, 2.24) is 15.3 Å². The molecule has 0 saturated heterocycles. The third kappa shape index (κ3) is 4.01. The smallest absolute Gasteiger partial charge is 0.270 e. The van der Waals surface area contributed by atoms with Crippen molar-refractivity contribution in [2.75, 3.05) is 13.2 Å². The summed E-state index contributed by atoms with van der Waals surface area (Å²) >= 11 is 1.53. The van der Waals surface area contributed by atoms with Gasteiger partial charge in [-0.3, -0.25) is 4.79 Å². The van der Waals surface area contributed by atoms with Crippen LogP contribution < -0.4 is 5.32 Å². The molecule has 1 aromatic carbocycles. The summed E-state index contributed by atoms with van der Waals surface area (Å²) in [5.74, 6) is -0.164. The highest BCUT2D eigenvalue weighted by Gasteiger charge is 2.10. The molecule has 0 fully saturated rings. The average Bonchev–Trinajstić information content (AvgIpc) is 3.23. The van der Waals surface area contributed by atoms with Crippen LogP contribution in [0.25, 0.3) is 10.9 Å². The van der Waals surface area contributed by atoms with Crippen molar-refractivity contribution in [3.8, 4) is 0 Å². The summed E-state index contributed by atoms with van der Waals surface area (Å²) in [7, 11) is 0. The number of hydrogen-bond donors (Lipinski definition) is 3. The number of amides is 1. The molecular weight excluding hydrogens is 322 g/mol. The molecule has 24 heavy (non-hydrogen) atoms. The lowest BCUT2D eigenvalue weighted by Crippen LogP contribution is -2.25. The normalized spacial score (nSPS) is 11.0. The first-order chi connectivity index (χ1) is 11.8. The van der Waals surface area contributed by atoms with E-state index in [-0.39, 0.29) is 12.5 Å². The number of para-hydroxylation sites is 1. The summed E-state index contributed by atoms with van der Waals surface area (Å²) in [5, 5.41) is 15.5. The molecule has 0 aliphatic carbocycles. The van der Waals surface area contributed by atoms with Crippen LogP contribution in [0.1, 0.15) is 33.9 Å². The highest BCUT2D eigenvalue weighted by Crippen LogP contribution is 2.20. The van der Waals surface area contributed by atoms with Gasteiger partial charge in [0.25, 0.3) is 5.91 Å². The lowest BCUT2D eigenvalue weighted by atomic mass is 10.1. The fourth-order valence-corrected chi connectivity index (χ4v) is 3.49. The molecule has 2 aromatic heterocycles. The van der Waals surface area contributed by atoms with E-state index in [0.29, 0.717) is 18.7 Å². The first-order valence-electron chi connectivity index (χ1n) is 8.16. The van der Waals surface area contributed by atoms with Crippen LogP contribution in [0.3, 0.4) is 0 Å². The van der Waals surface area contributed by atoms with Gasteiger partial charge >= 0.3 is 0 Å². The Hall–Kier alpha value is -2.18. The second-order valence-corrected chi connectivity index (χ2v) is 6.62. The largest absolute Gasteiger partial charge is 0.396 e. The van der Waals surface area contributed by atoms with E-state index in [1.165, 1.54) is 27.8 Å². The van der Waals surface area contributed by atoms with Crippen molar-refractivity contribution in [2.24, 2.45) is 0 Å². The molecule has 5 nitrogen and oxygen atoms in total. The third-order valence-electron chi connectivity index (χ3n) is 3.92. The SMILES string of the molecule is O=C(NCCCO)c1csc(CCCc2c[nH]c3ccccc23)n1. The topological polar surface area (TPSA) is 78.0 Å². The van der Waals surface area contributed by atoms with Crippen LogP contribution in [-0.2, 0) is 12.8 Å². The van der Waals surface area contributed by atoms with Gasteiger partial charge in [0.15, 0.2) is 0 Å². The van der Waals surface area contributed by atoms with Gasteiger partial charge in [0.1, 0.15) is 5.69 Å². The fourth-order valence-electron chi connectivity index (χ4n) is 2.67. The molecule has 0 atom stereocenters. The highest BCUT2D eigenvalue weighted by atomic mass is 32.1. The van der Waals surface area contributed by atoms with Gasteiger partial charge in [-0.05, 0) is 37.3 Å². The molecular formula is C18H21N3O2S. The van der Waals surface area contributed by atoms with Gasteiger partial charge in [-0.25, -0.2) is 4.98 Å². The number of nitrogens with one attached hydrogen (secondary N) is 2. The van der Waals surface area contributed by atoms with Crippen molar-refractivity contribution in [1.29, 1.82) is 0 Å². The zero-order valence-corrected chi connectivity index (χ0v) is 14.2. The molecule has 0 aliphatic heterocycles. The monoisotopic (exact) mass is 343 g/mol. The Morgan fingerprint density at radius 2 is 2.12 bits per heavy atom. The number of aliphatic hydroxyl groups excluding tert-OH is 1. The summed E-state index contributed by atoms with van der Waals surface area (Å²) in [6.45, 7) is 0.555. The zero-order chi connectivity index (χ0) is 16.8. The molecule has 0 bridgehead atoms. The molecule has 2 heterocycles. The second kappa shape index (κ2) is 8.08. The minimum atomic E-state index is -0.164. The van der Waals surface area contributed by atoms with E-state index >= 15 is 0 Å². The van der Waals surface area contributed by atoms with Gasteiger partial charge in [-0.15, -0.1) is 11.3 Å². The molecule has 0 spiro atoms. The molecule has 0 radical (unpaired) electrons. The Kier molecular flexibility index (Phi) is 5.61. The molecule has 3 rings (SSSR count). The lowest BCUT2D eigenvalue weighted by Gasteiger charge is -2.00. The Bertz CT molecular complexity index is 809. The second-order valence-electron chi connectivity index (χ2n) is 5.67. The van der Waals surface area contributed by atoms with Gasteiger partial charge in [-0.2, -0.15) is 0 Å². The van der Waals surface area contributed by atoms with Gasteiger partial charge in [0.05, 0.1) is 5.01 Å². The summed E-state index contributed by atoms with van der Waals surface area (Å²) in [6, 6.07) is 8.31. The van der Waals surface area contributed by atoms with E-state index in [2.05, 4.69) is 39.7 Å². The van der Waals surface area contributed by atoms with Crippen LogP contribution in [0.15, 0.2) is 35.8 Å². The quantitative estimate of drug-likeness (QED) is 0.550. The van der Waals surface area contributed by atoms with Gasteiger partial charge in [-0.1, -0.05) is 18.2 Å². The van der Waals surface area contributed by atoms with Crippen LogP contribution >= 0.6 is 11.3 Å². The number of nitrogens with zero attached hydrogens (tertiary/aromatic N) is 1. The number of carbonyl (C=O) groups excluding carboxylic acids is 1. The highest BCUT2D eigenvalue weighted by molar-refractivity contribution is 7.09. The predicted octanol–water partition coefficient (Wildman–Crippen LogP) is 2.91. The summed E-state index contributed by atoms with van der Waals surface area (Å²) in [6.07, 6.45) is 5.50. The Balaban J connectivity index is 1.51. The maximum atomic E-state index is 11.9. The summed E-state index contributed by atoms with van der Waals surface area (Å²) in [5.41, 5.74) is 2.97. The summed E-state index contributed by atoms with van der Waals surface area (Å²) < 4.78 is 0. The third-order valence-corrected chi connectivity index (χ3v) is 4.83. The van der Waals surface area contributed by atoms with Gasteiger partial charge in [0.2, 0.25) is 0 Å². The van der Waals surface area contributed by atoms with Crippen LogP contribution in [0, 0.1) is 0 Å². The van der Waals surface area contributed by atoms with Gasteiger partial charge < -0.3 is 15.4 Å². The molecule has 1 amide bonds. The number of aromatic nitrogens is 2.